The van der Waals surface area contributed by atoms with E-state index in [9.17, 15) is 4.79 Å². The Morgan fingerprint density at radius 2 is 1.78 bits per heavy atom. The van der Waals surface area contributed by atoms with Crippen molar-refractivity contribution in [1.29, 1.82) is 0 Å². The predicted molar refractivity (Wildman–Crippen MR) is 106 cm³/mol. The number of rotatable bonds is 6. The third kappa shape index (κ3) is 3.84. The maximum absolute atomic E-state index is 12.6. The van der Waals surface area contributed by atoms with Crippen molar-refractivity contribution in [2.24, 2.45) is 0 Å². The van der Waals surface area contributed by atoms with Gasteiger partial charge in [0.25, 0.3) is 5.91 Å². The standard InChI is InChI=1S/C21H27N3O3/c1-5-23(6-2)21(25)18-13-17(7-9-22-18)24-10-8-15-11-19(26-3)20(27-4)12-16(15)14-24/h7,9,11-13H,5-6,8,10,14H2,1-4H3. The summed E-state index contributed by atoms with van der Waals surface area (Å²) in [5.74, 6) is 1.48. The largest absolute Gasteiger partial charge is 0.493 e. The highest BCUT2D eigenvalue weighted by Gasteiger charge is 2.21. The molecule has 0 saturated heterocycles. The number of hydrogen-bond donors (Lipinski definition) is 0. The normalized spacial score (nSPS) is 13.1. The van der Waals surface area contributed by atoms with Crippen LogP contribution in [0, 0.1) is 0 Å². The van der Waals surface area contributed by atoms with Crippen LogP contribution in [0.1, 0.15) is 35.5 Å². The van der Waals surface area contributed by atoms with E-state index in [2.05, 4.69) is 16.0 Å². The highest BCUT2D eigenvalue weighted by atomic mass is 16.5. The molecule has 0 radical (unpaired) electrons. The molecule has 0 fully saturated rings. The summed E-state index contributed by atoms with van der Waals surface area (Å²) in [5, 5.41) is 0. The third-order valence-electron chi connectivity index (χ3n) is 5.10. The SMILES string of the molecule is CCN(CC)C(=O)c1cc(N2CCc3cc(OC)c(OC)cc3C2)ccn1. The Hall–Kier alpha value is -2.76. The molecule has 0 atom stereocenters. The van der Waals surface area contributed by atoms with Crippen LogP contribution in [0.25, 0.3) is 0 Å². The van der Waals surface area contributed by atoms with Gasteiger partial charge in [-0.2, -0.15) is 0 Å². The Balaban J connectivity index is 1.85. The van der Waals surface area contributed by atoms with E-state index in [-0.39, 0.29) is 5.91 Å². The van der Waals surface area contributed by atoms with E-state index in [0.29, 0.717) is 18.8 Å². The van der Waals surface area contributed by atoms with Crippen molar-refractivity contribution >= 4 is 11.6 Å². The summed E-state index contributed by atoms with van der Waals surface area (Å²) in [6.45, 7) is 6.97. The number of fused-ring (bicyclic) bond motifs is 1. The van der Waals surface area contributed by atoms with E-state index in [0.717, 1.165) is 36.7 Å². The van der Waals surface area contributed by atoms with E-state index in [1.165, 1.54) is 11.1 Å². The molecule has 2 heterocycles. The average Bonchev–Trinajstić information content (AvgIpc) is 2.73. The van der Waals surface area contributed by atoms with Crippen LogP contribution in [-0.2, 0) is 13.0 Å². The van der Waals surface area contributed by atoms with Crippen molar-refractivity contribution in [2.45, 2.75) is 26.8 Å². The molecule has 6 heteroatoms. The molecular weight excluding hydrogens is 342 g/mol. The van der Waals surface area contributed by atoms with E-state index in [4.69, 9.17) is 9.47 Å². The molecule has 144 valence electrons. The molecule has 27 heavy (non-hydrogen) atoms. The Bertz CT molecular complexity index is 818. The first-order chi connectivity index (χ1) is 13.1. The van der Waals surface area contributed by atoms with Crippen molar-refractivity contribution in [3.8, 4) is 11.5 Å². The Labute approximate surface area is 160 Å². The van der Waals surface area contributed by atoms with Gasteiger partial charge in [-0.1, -0.05) is 0 Å². The molecule has 0 bridgehead atoms. The molecule has 1 aromatic carbocycles. The molecule has 1 aliphatic heterocycles. The number of carbonyl (C=O) groups is 1. The first-order valence-corrected chi connectivity index (χ1v) is 9.35. The number of hydrogen-bond acceptors (Lipinski definition) is 5. The Morgan fingerprint density at radius 3 is 2.41 bits per heavy atom. The molecule has 0 spiro atoms. The van der Waals surface area contributed by atoms with Crippen molar-refractivity contribution < 1.29 is 14.3 Å². The van der Waals surface area contributed by atoms with E-state index in [1.54, 1.807) is 25.3 Å². The van der Waals surface area contributed by atoms with E-state index < -0.39 is 0 Å². The lowest BCUT2D eigenvalue weighted by atomic mass is 9.98. The van der Waals surface area contributed by atoms with Crippen LogP contribution in [0.5, 0.6) is 11.5 Å². The molecule has 0 saturated carbocycles. The van der Waals surface area contributed by atoms with Gasteiger partial charge in [0, 0.05) is 38.1 Å². The van der Waals surface area contributed by atoms with Crippen LogP contribution in [0.15, 0.2) is 30.5 Å². The Kier molecular flexibility index (Phi) is 5.84. The van der Waals surface area contributed by atoms with Crippen molar-refractivity contribution in [3.63, 3.8) is 0 Å². The molecule has 0 aliphatic carbocycles. The molecule has 3 rings (SSSR count). The van der Waals surface area contributed by atoms with Crippen LogP contribution in [-0.4, -0.2) is 49.6 Å². The average molecular weight is 369 g/mol. The van der Waals surface area contributed by atoms with Crippen molar-refractivity contribution in [2.75, 3.05) is 38.8 Å². The quantitative estimate of drug-likeness (QED) is 0.783. The van der Waals surface area contributed by atoms with Crippen molar-refractivity contribution in [1.82, 2.24) is 9.88 Å². The van der Waals surface area contributed by atoms with Crippen molar-refractivity contribution in [3.05, 3.63) is 47.3 Å². The number of anilines is 1. The number of nitrogens with zero attached hydrogens (tertiary/aromatic N) is 3. The van der Waals surface area contributed by atoms with Gasteiger partial charge in [0.05, 0.1) is 14.2 Å². The lowest BCUT2D eigenvalue weighted by Crippen LogP contribution is -2.32. The first kappa shape index (κ1) is 19.0. The fourth-order valence-corrected chi connectivity index (χ4v) is 3.51. The fourth-order valence-electron chi connectivity index (χ4n) is 3.51. The second-order valence-corrected chi connectivity index (χ2v) is 6.52. The summed E-state index contributed by atoms with van der Waals surface area (Å²) >= 11 is 0. The zero-order valence-corrected chi connectivity index (χ0v) is 16.5. The lowest BCUT2D eigenvalue weighted by molar-refractivity contribution is 0.0767. The fraction of sp³-hybridized carbons (Fsp3) is 0.429. The van der Waals surface area contributed by atoms with Gasteiger partial charge >= 0.3 is 0 Å². The summed E-state index contributed by atoms with van der Waals surface area (Å²) in [4.78, 5) is 21.0. The predicted octanol–water partition coefficient (Wildman–Crippen LogP) is 3.14. The van der Waals surface area contributed by atoms with Gasteiger partial charge in [-0.3, -0.25) is 9.78 Å². The highest BCUT2D eigenvalue weighted by molar-refractivity contribution is 5.93. The minimum absolute atomic E-state index is 0.0225. The van der Waals surface area contributed by atoms with Crippen LogP contribution in [0.2, 0.25) is 0 Å². The van der Waals surface area contributed by atoms with Gasteiger partial charge in [0.1, 0.15) is 5.69 Å². The van der Waals surface area contributed by atoms with Crippen LogP contribution in [0.3, 0.4) is 0 Å². The van der Waals surface area contributed by atoms with Crippen LogP contribution >= 0.6 is 0 Å². The number of amides is 1. The highest BCUT2D eigenvalue weighted by Crippen LogP contribution is 2.34. The number of carbonyl (C=O) groups excluding carboxylic acids is 1. The molecule has 1 amide bonds. The molecule has 6 nitrogen and oxygen atoms in total. The Morgan fingerprint density at radius 1 is 1.11 bits per heavy atom. The molecule has 2 aromatic rings. The topological polar surface area (TPSA) is 54.9 Å². The zero-order chi connectivity index (χ0) is 19.4. The van der Waals surface area contributed by atoms with Gasteiger partial charge in [-0.25, -0.2) is 0 Å². The molecule has 0 unspecified atom stereocenters. The van der Waals surface area contributed by atoms with Gasteiger partial charge in [-0.05, 0) is 55.7 Å². The van der Waals surface area contributed by atoms with E-state index >= 15 is 0 Å². The summed E-state index contributed by atoms with van der Waals surface area (Å²) in [6, 6.07) is 7.97. The second kappa shape index (κ2) is 8.29. The zero-order valence-electron chi connectivity index (χ0n) is 16.5. The van der Waals surface area contributed by atoms with Gasteiger partial charge in [-0.15, -0.1) is 0 Å². The number of benzene rings is 1. The van der Waals surface area contributed by atoms with Crippen LogP contribution in [0.4, 0.5) is 5.69 Å². The lowest BCUT2D eigenvalue weighted by Gasteiger charge is -2.31. The molecular formula is C21H27N3O3. The summed E-state index contributed by atoms with van der Waals surface area (Å²) in [6.07, 6.45) is 2.63. The summed E-state index contributed by atoms with van der Waals surface area (Å²) in [7, 11) is 3.31. The third-order valence-corrected chi connectivity index (χ3v) is 5.10. The summed E-state index contributed by atoms with van der Waals surface area (Å²) in [5.41, 5.74) is 4.00. The maximum Gasteiger partial charge on any atom is 0.272 e. The van der Waals surface area contributed by atoms with Gasteiger partial charge in [0.2, 0.25) is 0 Å². The molecule has 0 N–H and O–H groups in total. The molecule has 1 aliphatic rings. The monoisotopic (exact) mass is 369 g/mol. The number of pyridine rings is 1. The minimum atomic E-state index is -0.0225. The molecule has 1 aromatic heterocycles. The smallest absolute Gasteiger partial charge is 0.272 e. The number of methoxy groups -OCH3 is 2. The van der Waals surface area contributed by atoms with E-state index in [1.807, 2.05) is 32.0 Å². The number of ether oxygens (including phenoxy) is 2. The van der Waals surface area contributed by atoms with Gasteiger partial charge in [0.15, 0.2) is 11.5 Å². The minimum Gasteiger partial charge on any atom is -0.493 e. The number of aromatic nitrogens is 1. The van der Waals surface area contributed by atoms with Gasteiger partial charge < -0.3 is 19.3 Å². The summed E-state index contributed by atoms with van der Waals surface area (Å²) < 4.78 is 10.9. The van der Waals surface area contributed by atoms with Crippen LogP contribution < -0.4 is 14.4 Å². The second-order valence-electron chi connectivity index (χ2n) is 6.52. The first-order valence-electron chi connectivity index (χ1n) is 9.35. The maximum atomic E-state index is 12.6.